The van der Waals surface area contributed by atoms with Crippen molar-refractivity contribution in [1.82, 2.24) is 5.32 Å². The van der Waals surface area contributed by atoms with Crippen LogP contribution in [0.5, 0.6) is 0 Å². The fourth-order valence-electron chi connectivity index (χ4n) is 1.47. The topological polar surface area (TPSA) is 38.3 Å². The Kier molecular flexibility index (Phi) is 2.64. The summed E-state index contributed by atoms with van der Waals surface area (Å²) in [5.41, 5.74) is 0.396. The Bertz CT molecular complexity index is 365. The Morgan fingerprint density at radius 2 is 1.93 bits per heavy atom. The van der Waals surface area contributed by atoms with Gasteiger partial charge < -0.3 is 10.1 Å². The van der Waals surface area contributed by atoms with Crippen molar-refractivity contribution in [2.75, 3.05) is 13.2 Å². The summed E-state index contributed by atoms with van der Waals surface area (Å²) in [4.78, 5) is 10.8. The Morgan fingerprint density at radius 3 is 2.47 bits per heavy atom. The molecule has 0 radical (unpaired) electrons. The van der Waals surface area contributed by atoms with Crippen LogP contribution >= 0.6 is 0 Å². The van der Waals surface area contributed by atoms with Gasteiger partial charge in [-0.15, -0.1) is 0 Å². The van der Waals surface area contributed by atoms with Gasteiger partial charge in [0.2, 0.25) is 5.91 Å². The second-order valence-electron chi connectivity index (χ2n) is 3.31. The van der Waals surface area contributed by atoms with E-state index in [1.165, 1.54) is 12.1 Å². The second-order valence-corrected chi connectivity index (χ2v) is 3.31. The van der Waals surface area contributed by atoms with Crippen molar-refractivity contribution >= 4 is 5.91 Å². The quantitative estimate of drug-likeness (QED) is 0.760. The molecule has 15 heavy (non-hydrogen) atoms. The molecule has 1 heterocycles. The first-order chi connectivity index (χ1) is 7.15. The average molecular weight is 213 g/mol. The molecule has 80 valence electrons. The van der Waals surface area contributed by atoms with Crippen molar-refractivity contribution in [2.45, 2.75) is 6.10 Å². The number of benzene rings is 1. The summed E-state index contributed by atoms with van der Waals surface area (Å²) in [6.45, 7) is 0.157. The number of amides is 1. The minimum Gasteiger partial charge on any atom is -0.362 e. The molecule has 1 aliphatic heterocycles. The lowest BCUT2D eigenvalue weighted by molar-refractivity contribution is -0.133. The zero-order valence-electron chi connectivity index (χ0n) is 7.80. The van der Waals surface area contributed by atoms with E-state index in [1.54, 1.807) is 0 Å². The van der Waals surface area contributed by atoms with E-state index in [0.717, 1.165) is 6.07 Å². The molecule has 1 aromatic carbocycles. The molecule has 1 N–H and O–H groups in total. The molecule has 0 spiro atoms. The number of morpholine rings is 1. The summed E-state index contributed by atoms with van der Waals surface area (Å²) in [6.07, 6.45) is -0.479. The highest BCUT2D eigenvalue weighted by Gasteiger charge is 2.20. The Balaban J connectivity index is 2.18. The predicted molar refractivity (Wildman–Crippen MR) is 48.1 cm³/mol. The number of hydrogen-bond acceptors (Lipinski definition) is 2. The van der Waals surface area contributed by atoms with Gasteiger partial charge in [-0.1, -0.05) is 0 Å². The molecule has 0 saturated carbocycles. The highest BCUT2D eigenvalue weighted by Crippen LogP contribution is 2.20. The fourth-order valence-corrected chi connectivity index (χ4v) is 1.47. The number of nitrogens with one attached hydrogen (secondary N) is 1. The molecule has 1 saturated heterocycles. The van der Waals surface area contributed by atoms with E-state index < -0.39 is 17.7 Å². The minimum atomic E-state index is -0.648. The minimum absolute atomic E-state index is 0.0806. The third kappa shape index (κ3) is 2.30. The largest absolute Gasteiger partial charge is 0.362 e. The molecule has 0 aromatic heterocycles. The molecule has 1 fully saturated rings. The summed E-state index contributed by atoms with van der Waals surface area (Å²) in [5.74, 6) is -1.51. The van der Waals surface area contributed by atoms with Crippen molar-refractivity contribution in [3.8, 4) is 0 Å². The Hall–Kier alpha value is -1.49. The summed E-state index contributed by atoms with van der Waals surface area (Å²) < 4.78 is 30.9. The molecule has 0 aliphatic carbocycles. The number of halogens is 2. The number of carbonyl (C=O) groups is 1. The van der Waals surface area contributed by atoms with Gasteiger partial charge in [-0.2, -0.15) is 0 Å². The Morgan fingerprint density at radius 1 is 1.27 bits per heavy atom. The molecular formula is C10H9F2NO2. The molecule has 0 bridgehead atoms. The van der Waals surface area contributed by atoms with E-state index in [-0.39, 0.29) is 19.1 Å². The summed E-state index contributed by atoms with van der Waals surface area (Å²) in [6, 6.07) is 3.20. The third-order valence-electron chi connectivity index (χ3n) is 2.16. The van der Waals surface area contributed by atoms with Gasteiger partial charge in [0.25, 0.3) is 0 Å². The summed E-state index contributed by atoms with van der Waals surface area (Å²) in [7, 11) is 0. The van der Waals surface area contributed by atoms with Crippen molar-refractivity contribution in [3.63, 3.8) is 0 Å². The van der Waals surface area contributed by atoms with Gasteiger partial charge in [-0.05, 0) is 17.7 Å². The zero-order chi connectivity index (χ0) is 10.8. The van der Waals surface area contributed by atoms with Crippen LogP contribution in [-0.4, -0.2) is 19.1 Å². The molecule has 5 heteroatoms. The van der Waals surface area contributed by atoms with Gasteiger partial charge in [0.1, 0.15) is 24.3 Å². The maximum Gasteiger partial charge on any atom is 0.246 e. The van der Waals surface area contributed by atoms with Gasteiger partial charge in [0, 0.05) is 12.6 Å². The molecule has 0 unspecified atom stereocenters. The van der Waals surface area contributed by atoms with Crippen LogP contribution in [0.3, 0.4) is 0 Å². The molecular weight excluding hydrogens is 204 g/mol. The highest BCUT2D eigenvalue weighted by molar-refractivity contribution is 5.77. The van der Waals surface area contributed by atoms with Crippen molar-refractivity contribution in [2.24, 2.45) is 0 Å². The van der Waals surface area contributed by atoms with Crippen molar-refractivity contribution in [1.29, 1.82) is 0 Å². The molecule has 2 rings (SSSR count). The Labute approximate surface area is 85.0 Å². The van der Waals surface area contributed by atoms with Crippen LogP contribution in [0.4, 0.5) is 8.78 Å². The van der Waals surface area contributed by atoms with Gasteiger partial charge in [0.05, 0.1) is 0 Å². The number of hydrogen-bond donors (Lipinski definition) is 1. The lowest BCUT2D eigenvalue weighted by Crippen LogP contribution is -2.38. The first-order valence-electron chi connectivity index (χ1n) is 4.49. The van der Waals surface area contributed by atoms with E-state index in [1.807, 2.05) is 0 Å². The number of rotatable bonds is 1. The molecule has 1 aliphatic rings. The van der Waals surface area contributed by atoms with Crippen molar-refractivity contribution < 1.29 is 18.3 Å². The van der Waals surface area contributed by atoms with Gasteiger partial charge in [-0.25, -0.2) is 8.78 Å². The van der Waals surface area contributed by atoms with Crippen LogP contribution in [0, 0.1) is 11.6 Å². The van der Waals surface area contributed by atoms with Gasteiger partial charge >= 0.3 is 0 Å². The molecule has 3 nitrogen and oxygen atoms in total. The first-order valence-corrected chi connectivity index (χ1v) is 4.49. The monoisotopic (exact) mass is 213 g/mol. The molecule has 1 amide bonds. The SMILES string of the molecule is O=C1CO[C@H](c2cc(F)cc(F)c2)CN1. The molecule has 1 aromatic rings. The van der Waals surface area contributed by atoms with Gasteiger partial charge in [0.15, 0.2) is 0 Å². The van der Waals surface area contributed by atoms with Crippen LogP contribution in [0.1, 0.15) is 11.7 Å². The van der Waals surface area contributed by atoms with E-state index in [2.05, 4.69) is 5.32 Å². The van der Waals surface area contributed by atoms with E-state index in [0.29, 0.717) is 5.56 Å². The molecule has 1 atom stereocenters. The second kappa shape index (κ2) is 3.94. The average Bonchev–Trinajstić information content (AvgIpc) is 2.17. The highest BCUT2D eigenvalue weighted by atomic mass is 19.1. The number of carbonyl (C=O) groups excluding carboxylic acids is 1. The van der Waals surface area contributed by atoms with Crippen LogP contribution in [0.15, 0.2) is 18.2 Å². The standard InChI is InChI=1S/C10H9F2NO2/c11-7-1-6(2-8(12)3-7)9-4-13-10(14)5-15-9/h1-3,9H,4-5H2,(H,13,14)/t9-/m0/s1. The first kappa shape index (κ1) is 10.0. The normalized spacial score (nSPS) is 21.2. The van der Waals surface area contributed by atoms with Crippen LogP contribution in [0.2, 0.25) is 0 Å². The summed E-state index contributed by atoms with van der Waals surface area (Å²) in [5, 5.41) is 2.56. The van der Waals surface area contributed by atoms with E-state index >= 15 is 0 Å². The fraction of sp³-hybridized carbons (Fsp3) is 0.300. The lowest BCUT2D eigenvalue weighted by Gasteiger charge is -2.23. The maximum absolute atomic E-state index is 12.9. The third-order valence-corrected chi connectivity index (χ3v) is 2.16. The predicted octanol–water partition coefficient (Wildman–Crippen LogP) is 1.15. The zero-order valence-corrected chi connectivity index (χ0v) is 7.80. The lowest BCUT2D eigenvalue weighted by atomic mass is 10.1. The van der Waals surface area contributed by atoms with Crippen LogP contribution in [-0.2, 0) is 9.53 Å². The maximum atomic E-state index is 12.9. The number of ether oxygens (including phenoxy) is 1. The van der Waals surface area contributed by atoms with Crippen molar-refractivity contribution in [3.05, 3.63) is 35.4 Å². The van der Waals surface area contributed by atoms with Crippen LogP contribution in [0.25, 0.3) is 0 Å². The van der Waals surface area contributed by atoms with E-state index in [9.17, 15) is 13.6 Å². The van der Waals surface area contributed by atoms with Crippen LogP contribution < -0.4 is 5.32 Å². The summed E-state index contributed by atoms with van der Waals surface area (Å²) >= 11 is 0. The smallest absolute Gasteiger partial charge is 0.246 e. The van der Waals surface area contributed by atoms with Gasteiger partial charge in [-0.3, -0.25) is 4.79 Å². The van der Waals surface area contributed by atoms with E-state index in [4.69, 9.17) is 4.74 Å².